The molecule has 1 heterocycles. The molecule has 4 rings (SSSR count). The van der Waals surface area contributed by atoms with Crippen molar-refractivity contribution in [3.05, 3.63) is 88.7 Å². The number of aromatic nitrogens is 2. The molecule has 7 heteroatoms. The number of nitrogens with one attached hydrogen (secondary N) is 1. The molecular weight excluding hydrogens is 382 g/mol. The van der Waals surface area contributed by atoms with Gasteiger partial charge < -0.3 is 9.47 Å². The number of ether oxygens (including phenoxy) is 2. The molecule has 0 unspecified atom stereocenters. The topological polar surface area (TPSA) is 82.5 Å². The van der Waals surface area contributed by atoms with Crippen LogP contribution in [0.2, 0.25) is 0 Å². The Morgan fingerprint density at radius 2 is 1.70 bits per heavy atom. The van der Waals surface area contributed by atoms with Crippen LogP contribution in [0, 0.1) is 0 Å². The highest BCUT2D eigenvalue weighted by Gasteiger charge is 2.18. The van der Waals surface area contributed by atoms with Crippen LogP contribution < -0.4 is 20.5 Å². The van der Waals surface area contributed by atoms with Gasteiger partial charge in [-0.05, 0) is 36.4 Å². The molecule has 0 atom stereocenters. The highest BCUT2D eigenvalue weighted by Crippen LogP contribution is 2.23. The first-order valence-electron chi connectivity index (χ1n) is 9.23. The van der Waals surface area contributed by atoms with Gasteiger partial charge in [-0.2, -0.15) is 4.68 Å². The van der Waals surface area contributed by atoms with Crippen molar-refractivity contribution in [3.63, 3.8) is 0 Å². The number of methoxy groups -OCH3 is 2. The Hall–Kier alpha value is -4.13. The molecule has 0 spiro atoms. The Balaban J connectivity index is 1.90. The van der Waals surface area contributed by atoms with Crippen molar-refractivity contribution in [3.8, 4) is 22.9 Å². The first-order chi connectivity index (χ1) is 14.6. The fourth-order valence-electron chi connectivity index (χ4n) is 3.19. The summed E-state index contributed by atoms with van der Waals surface area (Å²) in [5.41, 5.74) is 3.75. The predicted molar refractivity (Wildman–Crippen MR) is 115 cm³/mol. The SMILES string of the molecule is COc1cccc(-c2nc3ccccc3c(=O)n2NC(=O)c2ccccc2OC)c1. The number of benzene rings is 3. The monoisotopic (exact) mass is 401 g/mol. The summed E-state index contributed by atoms with van der Waals surface area (Å²) >= 11 is 0. The van der Waals surface area contributed by atoms with Crippen molar-refractivity contribution in [2.75, 3.05) is 19.6 Å². The maximum absolute atomic E-state index is 13.2. The molecule has 0 saturated carbocycles. The van der Waals surface area contributed by atoms with E-state index in [0.29, 0.717) is 39.4 Å². The van der Waals surface area contributed by atoms with Gasteiger partial charge in [0.25, 0.3) is 11.5 Å². The third-order valence-electron chi connectivity index (χ3n) is 4.67. The number of amides is 1. The van der Waals surface area contributed by atoms with Crippen molar-refractivity contribution in [2.24, 2.45) is 0 Å². The van der Waals surface area contributed by atoms with Crippen molar-refractivity contribution in [1.82, 2.24) is 9.66 Å². The number of carbonyl (C=O) groups is 1. The van der Waals surface area contributed by atoms with E-state index in [1.165, 1.54) is 7.11 Å². The normalized spacial score (nSPS) is 10.6. The van der Waals surface area contributed by atoms with Crippen LogP contribution in [0.3, 0.4) is 0 Å². The number of fused-ring (bicyclic) bond motifs is 1. The van der Waals surface area contributed by atoms with E-state index in [9.17, 15) is 9.59 Å². The number of para-hydroxylation sites is 2. The minimum atomic E-state index is -0.490. The van der Waals surface area contributed by atoms with Crippen LogP contribution in [0.4, 0.5) is 0 Å². The Morgan fingerprint density at radius 3 is 2.50 bits per heavy atom. The molecule has 1 N–H and O–H groups in total. The van der Waals surface area contributed by atoms with Crippen molar-refractivity contribution in [1.29, 1.82) is 0 Å². The largest absolute Gasteiger partial charge is 0.497 e. The van der Waals surface area contributed by atoms with Gasteiger partial charge in [-0.3, -0.25) is 15.0 Å². The van der Waals surface area contributed by atoms with Crippen LogP contribution in [0.15, 0.2) is 77.6 Å². The number of carbonyl (C=O) groups excluding carboxylic acids is 1. The lowest BCUT2D eigenvalue weighted by molar-refractivity contribution is 0.100. The average Bonchev–Trinajstić information content (AvgIpc) is 2.80. The lowest BCUT2D eigenvalue weighted by atomic mass is 10.1. The van der Waals surface area contributed by atoms with E-state index in [-0.39, 0.29) is 5.56 Å². The summed E-state index contributed by atoms with van der Waals surface area (Å²) in [7, 11) is 3.04. The van der Waals surface area contributed by atoms with Crippen LogP contribution in [-0.4, -0.2) is 29.8 Å². The number of nitrogens with zero attached hydrogens (tertiary/aromatic N) is 2. The van der Waals surface area contributed by atoms with Crippen LogP contribution in [-0.2, 0) is 0 Å². The van der Waals surface area contributed by atoms with Crippen molar-refractivity contribution >= 4 is 16.8 Å². The second-order valence-corrected chi connectivity index (χ2v) is 6.47. The zero-order valence-electron chi connectivity index (χ0n) is 16.5. The lowest BCUT2D eigenvalue weighted by Gasteiger charge is -2.16. The minimum Gasteiger partial charge on any atom is -0.497 e. The van der Waals surface area contributed by atoms with E-state index >= 15 is 0 Å². The quantitative estimate of drug-likeness (QED) is 0.554. The van der Waals surface area contributed by atoms with Crippen LogP contribution >= 0.6 is 0 Å². The van der Waals surface area contributed by atoms with E-state index in [0.717, 1.165) is 4.68 Å². The molecule has 0 aliphatic rings. The Bertz CT molecular complexity index is 1300. The fraction of sp³-hybridized carbons (Fsp3) is 0.0870. The molecule has 0 bridgehead atoms. The highest BCUT2D eigenvalue weighted by molar-refractivity contribution is 6.02. The van der Waals surface area contributed by atoms with Crippen LogP contribution in [0.25, 0.3) is 22.3 Å². The second-order valence-electron chi connectivity index (χ2n) is 6.47. The molecule has 0 fully saturated rings. The molecule has 4 aromatic rings. The van der Waals surface area contributed by atoms with Gasteiger partial charge in [0.05, 0.1) is 30.7 Å². The van der Waals surface area contributed by atoms with Gasteiger partial charge >= 0.3 is 0 Å². The van der Waals surface area contributed by atoms with Gasteiger partial charge in [-0.1, -0.05) is 36.4 Å². The fourth-order valence-corrected chi connectivity index (χ4v) is 3.19. The first-order valence-corrected chi connectivity index (χ1v) is 9.23. The first kappa shape index (κ1) is 19.2. The van der Waals surface area contributed by atoms with E-state index in [1.54, 1.807) is 73.8 Å². The zero-order valence-corrected chi connectivity index (χ0v) is 16.5. The Kier molecular flexibility index (Phi) is 5.17. The molecule has 30 heavy (non-hydrogen) atoms. The summed E-state index contributed by atoms with van der Waals surface area (Å²) in [5, 5.41) is 0.393. The standard InChI is InChI=1S/C23H19N3O4/c1-29-16-9-7-8-15(14-16)21-24-19-12-5-3-10-17(19)23(28)26(21)25-22(27)18-11-4-6-13-20(18)30-2/h3-14H,1-2H3,(H,25,27). The molecule has 150 valence electrons. The Labute approximate surface area is 172 Å². The van der Waals surface area contributed by atoms with Crippen molar-refractivity contribution in [2.45, 2.75) is 0 Å². The van der Waals surface area contributed by atoms with Crippen molar-refractivity contribution < 1.29 is 14.3 Å². The summed E-state index contributed by atoms with van der Waals surface area (Å²) in [6.45, 7) is 0. The smallest absolute Gasteiger partial charge is 0.280 e. The van der Waals surface area contributed by atoms with Gasteiger partial charge in [0.2, 0.25) is 0 Å². The molecular formula is C23H19N3O4. The van der Waals surface area contributed by atoms with E-state index in [2.05, 4.69) is 10.4 Å². The third kappa shape index (κ3) is 3.48. The molecule has 3 aromatic carbocycles. The van der Waals surface area contributed by atoms with Gasteiger partial charge in [0, 0.05) is 5.56 Å². The molecule has 1 aromatic heterocycles. The van der Waals surface area contributed by atoms with Crippen LogP contribution in [0.1, 0.15) is 10.4 Å². The molecule has 0 radical (unpaired) electrons. The predicted octanol–water partition coefficient (Wildman–Crippen LogP) is 3.46. The minimum absolute atomic E-state index is 0.292. The number of hydrogen-bond acceptors (Lipinski definition) is 5. The van der Waals surface area contributed by atoms with E-state index < -0.39 is 5.91 Å². The number of rotatable bonds is 5. The lowest BCUT2D eigenvalue weighted by Crippen LogP contribution is -2.35. The van der Waals surface area contributed by atoms with Gasteiger partial charge in [0.1, 0.15) is 11.5 Å². The van der Waals surface area contributed by atoms with Gasteiger partial charge in [-0.25, -0.2) is 4.98 Å². The second kappa shape index (κ2) is 8.08. The summed E-state index contributed by atoms with van der Waals surface area (Å²) in [4.78, 5) is 30.9. The maximum atomic E-state index is 13.2. The molecule has 0 saturated heterocycles. The summed E-state index contributed by atoms with van der Waals surface area (Å²) in [5.74, 6) is 0.814. The third-order valence-corrected chi connectivity index (χ3v) is 4.67. The maximum Gasteiger partial charge on any atom is 0.280 e. The average molecular weight is 401 g/mol. The van der Waals surface area contributed by atoms with E-state index in [1.807, 2.05) is 6.07 Å². The van der Waals surface area contributed by atoms with Crippen LogP contribution in [0.5, 0.6) is 11.5 Å². The zero-order chi connectivity index (χ0) is 21.1. The summed E-state index contributed by atoms with van der Waals surface area (Å²) in [6.07, 6.45) is 0. The van der Waals surface area contributed by atoms with Gasteiger partial charge in [0.15, 0.2) is 5.82 Å². The highest BCUT2D eigenvalue weighted by atomic mass is 16.5. The summed E-state index contributed by atoms with van der Waals surface area (Å²) in [6, 6.07) is 20.9. The number of hydrogen-bond donors (Lipinski definition) is 1. The molecule has 7 nitrogen and oxygen atoms in total. The van der Waals surface area contributed by atoms with Gasteiger partial charge in [-0.15, -0.1) is 0 Å². The summed E-state index contributed by atoms with van der Waals surface area (Å²) < 4.78 is 11.7. The molecule has 0 aliphatic carbocycles. The molecule has 1 amide bonds. The Morgan fingerprint density at radius 1 is 0.933 bits per heavy atom. The molecule has 0 aliphatic heterocycles. The van der Waals surface area contributed by atoms with E-state index in [4.69, 9.17) is 9.47 Å².